The topological polar surface area (TPSA) is 42.7 Å². The summed E-state index contributed by atoms with van der Waals surface area (Å²) in [4.78, 5) is 13.8. The van der Waals surface area contributed by atoms with Gasteiger partial charge in [0, 0.05) is 31.2 Å². The van der Waals surface area contributed by atoms with E-state index in [9.17, 15) is 4.79 Å². The Kier molecular flexibility index (Phi) is 3.79. The summed E-state index contributed by atoms with van der Waals surface area (Å²) in [6.07, 6.45) is 0. The van der Waals surface area contributed by atoms with E-state index in [2.05, 4.69) is 0 Å². The number of ether oxygens (including phenoxy) is 1. The van der Waals surface area contributed by atoms with Gasteiger partial charge in [0.05, 0.1) is 6.61 Å². The van der Waals surface area contributed by atoms with E-state index in [4.69, 9.17) is 9.15 Å². The molecule has 1 aromatic heterocycles. The Bertz CT molecular complexity index is 629. The van der Waals surface area contributed by atoms with Crippen LogP contribution in [-0.2, 0) is 0 Å². The SMILES string of the molecule is CC(C)COc1cc2ccc(N(C)C)cc2oc1=O. The van der Waals surface area contributed by atoms with Crippen LogP contribution in [0.1, 0.15) is 13.8 Å². The first kappa shape index (κ1) is 13.5. The van der Waals surface area contributed by atoms with Crippen molar-refractivity contribution in [3.05, 3.63) is 34.7 Å². The second-order valence-corrected chi connectivity index (χ2v) is 5.22. The Balaban J connectivity index is 2.41. The highest BCUT2D eigenvalue weighted by atomic mass is 16.5. The van der Waals surface area contributed by atoms with Crippen molar-refractivity contribution in [3.8, 4) is 5.75 Å². The van der Waals surface area contributed by atoms with Crippen molar-refractivity contribution >= 4 is 16.7 Å². The third-order valence-corrected chi connectivity index (χ3v) is 2.78. The lowest BCUT2D eigenvalue weighted by Crippen LogP contribution is -2.12. The Morgan fingerprint density at radius 2 is 2.00 bits per heavy atom. The minimum Gasteiger partial charge on any atom is -0.486 e. The third-order valence-electron chi connectivity index (χ3n) is 2.78. The average Bonchev–Trinajstić information content (AvgIpc) is 2.35. The maximum Gasteiger partial charge on any atom is 0.379 e. The van der Waals surface area contributed by atoms with Crippen LogP contribution in [0, 0.1) is 5.92 Å². The predicted octanol–water partition coefficient (Wildman–Crippen LogP) is 2.89. The molecule has 0 saturated heterocycles. The molecule has 102 valence electrons. The van der Waals surface area contributed by atoms with E-state index in [0.29, 0.717) is 18.1 Å². The lowest BCUT2D eigenvalue weighted by molar-refractivity contribution is 0.260. The summed E-state index contributed by atoms with van der Waals surface area (Å²) in [5.74, 6) is 0.644. The van der Waals surface area contributed by atoms with Crippen LogP contribution >= 0.6 is 0 Å². The van der Waals surface area contributed by atoms with Gasteiger partial charge in [-0.05, 0) is 24.1 Å². The van der Waals surface area contributed by atoms with Gasteiger partial charge in [0.25, 0.3) is 0 Å². The lowest BCUT2D eigenvalue weighted by Gasteiger charge is -2.13. The van der Waals surface area contributed by atoms with Gasteiger partial charge in [0.1, 0.15) is 5.58 Å². The predicted molar refractivity (Wildman–Crippen MR) is 77.1 cm³/mol. The normalized spacial score (nSPS) is 11.0. The molecule has 0 fully saturated rings. The lowest BCUT2D eigenvalue weighted by atomic mass is 10.2. The molecule has 0 aliphatic carbocycles. The fourth-order valence-corrected chi connectivity index (χ4v) is 1.72. The molecule has 0 aliphatic rings. The Morgan fingerprint density at radius 1 is 1.26 bits per heavy atom. The smallest absolute Gasteiger partial charge is 0.379 e. The molecule has 0 unspecified atom stereocenters. The molecular formula is C15H19NO3. The molecule has 0 saturated carbocycles. The van der Waals surface area contributed by atoms with Crippen LogP contribution in [0.25, 0.3) is 11.0 Å². The molecule has 0 atom stereocenters. The van der Waals surface area contributed by atoms with E-state index >= 15 is 0 Å². The van der Waals surface area contributed by atoms with E-state index < -0.39 is 5.63 Å². The van der Waals surface area contributed by atoms with Gasteiger partial charge in [0.15, 0.2) is 0 Å². The third kappa shape index (κ3) is 3.08. The van der Waals surface area contributed by atoms with Crippen molar-refractivity contribution in [2.24, 2.45) is 5.92 Å². The number of benzene rings is 1. The monoisotopic (exact) mass is 261 g/mol. The number of rotatable bonds is 4. The molecule has 2 aromatic rings. The molecule has 0 spiro atoms. The highest BCUT2D eigenvalue weighted by molar-refractivity contribution is 5.81. The van der Waals surface area contributed by atoms with Crippen LogP contribution in [0.15, 0.2) is 33.5 Å². The summed E-state index contributed by atoms with van der Waals surface area (Å²) in [5, 5.41) is 0.865. The number of hydrogen-bond acceptors (Lipinski definition) is 4. The first-order valence-electron chi connectivity index (χ1n) is 6.35. The molecule has 0 aliphatic heterocycles. The largest absolute Gasteiger partial charge is 0.486 e. The van der Waals surface area contributed by atoms with Crippen LogP contribution < -0.4 is 15.3 Å². The van der Waals surface area contributed by atoms with E-state index in [-0.39, 0.29) is 5.75 Å². The number of hydrogen-bond donors (Lipinski definition) is 0. The summed E-state index contributed by atoms with van der Waals surface area (Å²) < 4.78 is 10.8. The maximum atomic E-state index is 11.8. The van der Waals surface area contributed by atoms with Crippen LogP contribution in [0.4, 0.5) is 5.69 Å². The van der Waals surface area contributed by atoms with Crippen LogP contribution in [-0.4, -0.2) is 20.7 Å². The van der Waals surface area contributed by atoms with E-state index in [1.807, 2.05) is 51.0 Å². The zero-order chi connectivity index (χ0) is 14.0. The van der Waals surface area contributed by atoms with Gasteiger partial charge < -0.3 is 14.1 Å². The average molecular weight is 261 g/mol. The van der Waals surface area contributed by atoms with Gasteiger partial charge in [0.2, 0.25) is 5.75 Å². The fraction of sp³-hybridized carbons (Fsp3) is 0.400. The van der Waals surface area contributed by atoms with Gasteiger partial charge in [-0.2, -0.15) is 0 Å². The molecule has 0 N–H and O–H groups in total. The quantitative estimate of drug-likeness (QED) is 0.794. The summed E-state index contributed by atoms with van der Waals surface area (Å²) in [7, 11) is 3.89. The Morgan fingerprint density at radius 3 is 2.63 bits per heavy atom. The molecule has 0 bridgehead atoms. The molecule has 4 heteroatoms. The molecular weight excluding hydrogens is 242 g/mol. The second kappa shape index (κ2) is 5.34. The summed E-state index contributed by atoms with van der Waals surface area (Å²) in [6.45, 7) is 4.57. The van der Waals surface area contributed by atoms with Crippen LogP contribution in [0.5, 0.6) is 5.75 Å². The van der Waals surface area contributed by atoms with Crippen molar-refractivity contribution in [3.63, 3.8) is 0 Å². The van der Waals surface area contributed by atoms with Crippen molar-refractivity contribution in [2.75, 3.05) is 25.6 Å². The van der Waals surface area contributed by atoms with E-state index in [1.54, 1.807) is 6.07 Å². The zero-order valence-corrected chi connectivity index (χ0v) is 11.8. The molecule has 19 heavy (non-hydrogen) atoms. The van der Waals surface area contributed by atoms with Crippen LogP contribution in [0.2, 0.25) is 0 Å². The molecule has 0 amide bonds. The van der Waals surface area contributed by atoms with Crippen molar-refractivity contribution in [2.45, 2.75) is 13.8 Å². The van der Waals surface area contributed by atoms with Crippen molar-refractivity contribution in [1.29, 1.82) is 0 Å². The first-order valence-corrected chi connectivity index (χ1v) is 6.35. The molecule has 2 rings (SSSR count). The van der Waals surface area contributed by atoms with Crippen molar-refractivity contribution in [1.82, 2.24) is 0 Å². The van der Waals surface area contributed by atoms with E-state index in [1.165, 1.54) is 0 Å². The molecule has 4 nitrogen and oxygen atoms in total. The van der Waals surface area contributed by atoms with Crippen LogP contribution in [0.3, 0.4) is 0 Å². The molecule has 0 radical (unpaired) electrons. The Hall–Kier alpha value is -1.97. The first-order chi connectivity index (χ1) is 8.97. The van der Waals surface area contributed by atoms with Gasteiger partial charge in [-0.3, -0.25) is 0 Å². The van der Waals surface area contributed by atoms with Crippen molar-refractivity contribution < 1.29 is 9.15 Å². The standard InChI is InChI=1S/C15H19NO3/c1-10(2)9-18-14-7-11-5-6-12(16(3)4)8-13(11)19-15(14)17/h5-8,10H,9H2,1-4H3. The zero-order valence-electron chi connectivity index (χ0n) is 11.8. The molecule has 1 aromatic carbocycles. The van der Waals surface area contributed by atoms with E-state index in [0.717, 1.165) is 11.1 Å². The minimum atomic E-state index is -0.427. The van der Waals surface area contributed by atoms with Gasteiger partial charge in [-0.1, -0.05) is 13.8 Å². The fourth-order valence-electron chi connectivity index (χ4n) is 1.72. The highest BCUT2D eigenvalue weighted by Gasteiger charge is 2.08. The highest BCUT2D eigenvalue weighted by Crippen LogP contribution is 2.22. The van der Waals surface area contributed by atoms with Gasteiger partial charge in [-0.25, -0.2) is 4.79 Å². The number of anilines is 1. The number of nitrogens with zero attached hydrogens (tertiary/aromatic N) is 1. The summed E-state index contributed by atoms with van der Waals surface area (Å²) in [6, 6.07) is 7.50. The summed E-state index contributed by atoms with van der Waals surface area (Å²) >= 11 is 0. The molecule has 1 heterocycles. The Labute approximate surface area is 112 Å². The maximum absolute atomic E-state index is 11.8. The minimum absolute atomic E-state index is 0.277. The van der Waals surface area contributed by atoms with Gasteiger partial charge >= 0.3 is 5.63 Å². The van der Waals surface area contributed by atoms with Gasteiger partial charge in [-0.15, -0.1) is 0 Å². The second-order valence-electron chi connectivity index (χ2n) is 5.22. The summed E-state index contributed by atoms with van der Waals surface area (Å²) in [5.41, 5.74) is 1.14. The number of fused-ring (bicyclic) bond motifs is 1.